The van der Waals surface area contributed by atoms with Crippen molar-refractivity contribution in [2.45, 2.75) is 40.2 Å². The van der Waals surface area contributed by atoms with Crippen LogP contribution in [0, 0.1) is 11.3 Å². The number of hydrogen-bond donors (Lipinski definition) is 2. The van der Waals surface area contributed by atoms with E-state index in [0.717, 1.165) is 13.0 Å². The van der Waals surface area contributed by atoms with Crippen LogP contribution in [0.25, 0.3) is 0 Å². The molecule has 2 N–H and O–H groups in total. The number of aliphatic hydroxyl groups excluding tert-OH is 1. The molecule has 0 aromatic carbocycles. The van der Waals surface area contributed by atoms with Crippen molar-refractivity contribution in [3.63, 3.8) is 0 Å². The van der Waals surface area contributed by atoms with Crippen molar-refractivity contribution in [2.24, 2.45) is 11.3 Å². The Morgan fingerprint density at radius 3 is 2.71 bits per heavy atom. The Morgan fingerprint density at radius 2 is 2.21 bits per heavy atom. The smallest absolute Gasteiger partial charge is 0.0848 e. The van der Waals surface area contributed by atoms with Crippen molar-refractivity contribution in [1.82, 2.24) is 5.32 Å². The topological polar surface area (TPSA) is 32.3 Å². The molecule has 0 fully saturated rings. The fourth-order valence-corrected chi connectivity index (χ4v) is 1.61. The minimum Gasteiger partial charge on any atom is -0.388 e. The second-order valence-corrected chi connectivity index (χ2v) is 5.49. The van der Waals surface area contributed by atoms with E-state index in [4.69, 9.17) is 0 Å². The van der Waals surface area contributed by atoms with Gasteiger partial charge in [-0.3, -0.25) is 0 Å². The average Bonchev–Trinajstić information content (AvgIpc) is 2.02. The molecule has 0 bridgehead atoms. The van der Waals surface area contributed by atoms with Crippen LogP contribution in [0.15, 0.2) is 11.6 Å². The van der Waals surface area contributed by atoms with Crippen LogP contribution in [-0.4, -0.2) is 24.3 Å². The lowest BCUT2D eigenvalue weighted by Gasteiger charge is -2.29. The average molecular weight is 197 g/mol. The molecule has 0 aromatic heterocycles. The van der Waals surface area contributed by atoms with Crippen LogP contribution in [0.2, 0.25) is 0 Å². The maximum Gasteiger partial charge on any atom is 0.0848 e. The maximum absolute atomic E-state index is 9.46. The fourth-order valence-electron chi connectivity index (χ4n) is 1.61. The third-order valence-electron chi connectivity index (χ3n) is 3.18. The predicted octanol–water partition coefficient (Wildman–Crippen LogP) is 1.95. The highest BCUT2D eigenvalue weighted by atomic mass is 16.3. The van der Waals surface area contributed by atoms with Gasteiger partial charge in [-0.15, -0.1) is 0 Å². The first-order valence-corrected chi connectivity index (χ1v) is 5.48. The number of aliphatic hydroxyl groups is 1. The zero-order valence-electron chi connectivity index (χ0n) is 9.80. The Morgan fingerprint density at radius 1 is 1.57 bits per heavy atom. The standard InChI is InChI=1S/C12H23NO/c1-9(12(2,3)4)5-10-6-11(14)8-13-7-10/h6,9,11,13-14H,5,7-8H2,1-4H3. The third-order valence-corrected chi connectivity index (χ3v) is 3.18. The Bertz CT molecular complexity index is 215. The molecule has 14 heavy (non-hydrogen) atoms. The normalized spacial score (nSPS) is 25.8. The van der Waals surface area contributed by atoms with Gasteiger partial charge in [-0.2, -0.15) is 0 Å². The number of hydrogen-bond acceptors (Lipinski definition) is 2. The van der Waals surface area contributed by atoms with E-state index in [2.05, 4.69) is 33.0 Å². The second kappa shape index (κ2) is 4.45. The molecule has 1 rings (SSSR count). The summed E-state index contributed by atoms with van der Waals surface area (Å²) >= 11 is 0. The number of rotatable bonds is 2. The molecule has 0 saturated carbocycles. The van der Waals surface area contributed by atoms with E-state index in [1.807, 2.05) is 6.08 Å². The molecule has 82 valence electrons. The molecular weight excluding hydrogens is 174 g/mol. The minimum absolute atomic E-state index is 0.286. The Balaban J connectivity index is 2.52. The first-order chi connectivity index (χ1) is 6.39. The minimum atomic E-state index is -0.286. The molecule has 0 radical (unpaired) electrons. The predicted molar refractivity (Wildman–Crippen MR) is 60.2 cm³/mol. The SMILES string of the molecule is CC(CC1=CC(O)CNC1)C(C)(C)C. The zero-order valence-corrected chi connectivity index (χ0v) is 9.80. The van der Waals surface area contributed by atoms with E-state index < -0.39 is 0 Å². The fraction of sp³-hybridized carbons (Fsp3) is 0.833. The summed E-state index contributed by atoms with van der Waals surface area (Å²) in [5.74, 6) is 0.654. The highest BCUT2D eigenvalue weighted by molar-refractivity contribution is 5.12. The van der Waals surface area contributed by atoms with E-state index in [1.165, 1.54) is 5.57 Å². The first kappa shape index (κ1) is 11.7. The molecule has 1 heterocycles. The third kappa shape index (κ3) is 3.43. The second-order valence-electron chi connectivity index (χ2n) is 5.49. The van der Waals surface area contributed by atoms with Gasteiger partial charge in [0.1, 0.15) is 0 Å². The molecule has 1 aliphatic rings. The van der Waals surface area contributed by atoms with Crippen LogP contribution in [0.3, 0.4) is 0 Å². The van der Waals surface area contributed by atoms with Gasteiger partial charge in [-0.1, -0.05) is 39.3 Å². The Hall–Kier alpha value is -0.340. The van der Waals surface area contributed by atoms with Gasteiger partial charge in [0.05, 0.1) is 6.10 Å². The summed E-state index contributed by atoms with van der Waals surface area (Å²) in [6.07, 6.45) is 2.82. The lowest BCUT2D eigenvalue weighted by Crippen LogP contribution is -2.33. The summed E-state index contributed by atoms with van der Waals surface area (Å²) in [5.41, 5.74) is 1.70. The molecule has 0 aliphatic carbocycles. The van der Waals surface area contributed by atoms with Crippen LogP contribution < -0.4 is 5.32 Å². The lowest BCUT2D eigenvalue weighted by atomic mass is 9.78. The quantitative estimate of drug-likeness (QED) is 0.663. The summed E-state index contributed by atoms with van der Waals surface area (Å²) in [6.45, 7) is 10.7. The zero-order chi connectivity index (χ0) is 10.8. The molecule has 2 unspecified atom stereocenters. The van der Waals surface area contributed by atoms with E-state index in [1.54, 1.807) is 0 Å². The van der Waals surface area contributed by atoms with E-state index in [-0.39, 0.29) is 6.10 Å². The van der Waals surface area contributed by atoms with Gasteiger partial charge in [0, 0.05) is 13.1 Å². The first-order valence-electron chi connectivity index (χ1n) is 5.48. The number of nitrogens with one attached hydrogen (secondary N) is 1. The molecule has 0 saturated heterocycles. The van der Waals surface area contributed by atoms with E-state index in [0.29, 0.717) is 17.9 Å². The van der Waals surface area contributed by atoms with Crippen molar-refractivity contribution in [2.75, 3.05) is 13.1 Å². The molecule has 0 aromatic rings. The molecule has 1 aliphatic heterocycles. The molecule has 0 amide bonds. The molecule has 2 atom stereocenters. The molecule has 2 nitrogen and oxygen atoms in total. The van der Waals surface area contributed by atoms with Crippen molar-refractivity contribution < 1.29 is 5.11 Å². The Kier molecular flexibility index (Phi) is 3.73. The van der Waals surface area contributed by atoms with Gasteiger partial charge in [-0.05, 0) is 17.8 Å². The van der Waals surface area contributed by atoms with Crippen molar-refractivity contribution in [3.8, 4) is 0 Å². The maximum atomic E-state index is 9.46. The van der Waals surface area contributed by atoms with Crippen molar-refractivity contribution in [3.05, 3.63) is 11.6 Å². The van der Waals surface area contributed by atoms with Crippen molar-refractivity contribution in [1.29, 1.82) is 0 Å². The van der Waals surface area contributed by atoms with E-state index >= 15 is 0 Å². The van der Waals surface area contributed by atoms with Crippen LogP contribution >= 0.6 is 0 Å². The van der Waals surface area contributed by atoms with Crippen LogP contribution in [-0.2, 0) is 0 Å². The van der Waals surface area contributed by atoms with Gasteiger partial charge in [0.2, 0.25) is 0 Å². The molecular formula is C12H23NO. The molecule has 2 heteroatoms. The van der Waals surface area contributed by atoms with Gasteiger partial charge in [0.15, 0.2) is 0 Å². The number of β-amino-alcohol motifs (C(OH)–C–C–N with tert-alkyl or cyclic N) is 1. The van der Waals surface area contributed by atoms with Gasteiger partial charge in [0.25, 0.3) is 0 Å². The van der Waals surface area contributed by atoms with Gasteiger partial charge < -0.3 is 10.4 Å². The molecule has 0 spiro atoms. The van der Waals surface area contributed by atoms with E-state index in [9.17, 15) is 5.11 Å². The summed E-state index contributed by atoms with van der Waals surface area (Å²) in [6, 6.07) is 0. The summed E-state index contributed by atoms with van der Waals surface area (Å²) in [5, 5.41) is 12.7. The summed E-state index contributed by atoms with van der Waals surface area (Å²) in [7, 11) is 0. The van der Waals surface area contributed by atoms with Gasteiger partial charge in [-0.25, -0.2) is 0 Å². The highest BCUT2D eigenvalue weighted by Crippen LogP contribution is 2.30. The Labute approximate surface area is 87.4 Å². The lowest BCUT2D eigenvalue weighted by molar-refractivity contribution is 0.207. The highest BCUT2D eigenvalue weighted by Gasteiger charge is 2.22. The van der Waals surface area contributed by atoms with Crippen LogP contribution in [0.1, 0.15) is 34.1 Å². The summed E-state index contributed by atoms with van der Waals surface area (Å²) in [4.78, 5) is 0. The monoisotopic (exact) mass is 197 g/mol. The van der Waals surface area contributed by atoms with Gasteiger partial charge >= 0.3 is 0 Å². The van der Waals surface area contributed by atoms with Crippen molar-refractivity contribution >= 4 is 0 Å². The largest absolute Gasteiger partial charge is 0.388 e. The summed E-state index contributed by atoms with van der Waals surface area (Å²) < 4.78 is 0. The van der Waals surface area contributed by atoms with Crippen LogP contribution in [0.5, 0.6) is 0 Å². The van der Waals surface area contributed by atoms with Crippen LogP contribution in [0.4, 0.5) is 0 Å².